The molecule has 1 heterocycles. The molecule has 0 saturated carbocycles. The maximum atomic E-state index is 14.5. The van der Waals surface area contributed by atoms with Crippen molar-refractivity contribution >= 4 is 17.4 Å². The molecule has 1 aromatic carbocycles. The molecule has 0 radical (unpaired) electrons. The SMILES string of the molecule is CC(C#N)(CO)CC(=O)c1cc(NC(=O)Cc2cc(O)c(C(C)(C)C)cc2F)ccn1. The summed E-state index contributed by atoms with van der Waals surface area (Å²) in [6.45, 7) is 6.52. The van der Waals surface area contributed by atoms with E-state index in [2.05, 4.69) is 10.3 Å². The fraction of sp³-hybridized carbons (Fsp3) is 0.391. The first kappa shape index (κ1) is 24.0. The summed E-state index contributed by atoms with van der Waals surface area (Å²) < 4.78 is 14.5. The van der Waals surface area contributed by atoms with Crippen LogP contribution >= 0.6 is 0 Å². The predicted octanol–water partition coefficient (Wildman–Crippen LogP) is 3.50. The van der Waals surface area contributed by atoms with Crippen molar-refractivity contribution in [2.75, 3.05) is 11.9 Å². The highest BCUT2D eigenvalue weighted by molar-refractivity contribution is 5.97. The van der Waals surface area contributed by atoms with E-state index in [1.54, 1.807) is 0 Å². The fourth-order valence-electron chi connectivity index (χ4n) is 2.96. The number of aromatic hydroxyl groups is 1. The van der Waals surface area contributed by atoms with Crippen molar-refractivity contribution in [1.29, 1.82) is 5.26 Å². The predicted molar refractivity (Wildman–Crippen MR) is 113 cm³/mol. The Morgan fingerprint density at radius 3 is 2.48 bits per heavy atom. The van der Waals surface area contributed by atoms with E-state index < -0.39 is 34.9 Å². The lowest BCUT2D eigenvalue weighted by molar-refractivity contribution is -0.115. The molecule has 7 nitrogen and oxygen atoms in total. The lowest BCUT2D eigenvalue weighted by Gasteiger charge is -2.21. The number of phenolic OH excluding ortho intramolecular Hbond substituents is 1. The first-order valence-corrected chi connectivity index (χ1v) is 9.71. The summed E-state index contributed by atoms with van der Waals surface area (Å²) >= 11 is 0. The molecule has 0 fully saturated rings. The van der Waals surface area contributed by atoms with Crippen LogP contribution in [-0.4, -0.2) is 33.5 Å². The molecule has 164 valence electrons. The van der Waals surface area contributed by atoms with Gasteiger partial charge in [-0.3, -0.25) is 14.6 Å². The molecule has 0 aliphatic heterocycles. The molecule has 0 aliphatic rings. The van der Waals surface area contributed by atoms with Crippen molar-refractivity contribution < 1.29 is 24.2 Å². The Kier molecular flexibility index (Phi) is 7.13. The van der Waals surface area contributed by atoms with E-state index in [0.717, 1.165) is 0 Å². The van der Waals surface area contributed by atoms with Crippen LogP contribution < -0.4 is 5.32 Å². The largest absolute Gasteiger partial charge is 0.508 e. The van der Waals surface area contributed by atoms with Crippen molar-refractivity contribution in [1.82, 2.24) is 4.98 Å². The van der Waals surface area contributed by atoms with Crippen LogP contribution in [0.1, 0.15) is 55.7 Å². The second-order valence-corrected chi connectivity index (χ2v) is 8.80. The number of nitrogens with zero attached hydrogens (tertiary/aromatic N) is 2. The number of ketones is 1. The first-order chi connectivity index (χ1) is 14.4. The van der Waals surface area contributed by atoms with Crippen LogP contribution in [0, 0.1) is 22.6 Å². The quantitative estimate of drug-likeness (QED) is 0.581. The maximum absolute atomic E-state index is 14.5. The molecular formula is C23H26FN3O4. The first-order valence-electron chi connectivity index (χ1n) is 9.71. The zero-order chi connectivity index (χ0) is 23.4. The van der Waals surface area contributed by atoms with Crippen molar-refractivity contribution in [2.24, 2.45) is 5.41 Å². The Bertz CT molecular complexity index is 1040. The van der Waals surface area contributed by atoms with Crippen LogP contribution in [0.4, 0.5) is 10.1 Å². The van der Waals surface area contributed by atoms with Gasteiger partial charge in [-0.05, 0) is 36.6 Å². The van der Waals surface area contributed by atoms with Gasteiger partial charge in [0.2, 0.25) is 5.91 Å². The van der Waals surface area contributed by atoms with Gasteiger partial charge in [-0.15, -0.1) is 0 Å². The lowest BCUT2D eigenvalue weighted by Crippen LogP contribution is -2.24. The summed E-state index contributed by atoms with van der Waals surface area (Å²) in [6.07, 6.45) is 0.789. The normalized spacial score (nSPS) is 13.2. The number of halogens is 1. The van der Waals surface area contributed by atoms with Crippen molar-refractivity contribution in [3.05, 3.63) is 53.1 Å². The number of nitrogens with one attached hydrogen (secondary N) is 1. The van der Waals surface area contributed by atoms with E-state index in [9.17, 15) is 24.2 Å². The summed E-state index contributed by atoms with van der Waals surface area (Å²) in [4.78, 5) is 28.7. The standard InChI is InChI=1S/C23H26FN3O4/c1-22(2,3)16-10-17(24)14(7-19(16)29)8-21(31)27-15-5-6-26-18(9-15)20(30)11-23(4,12-25)13-28/h5-7,9-10,28-29H,8,11,13H2,1-4H3,(H,26,27,31). The Labute approximate surface area is 180 Å². The van der Waals surface area contributed by atoms with Crippen molar-refractivity contribution in [2.45, 2.75) is 46.0 Å². The second kappa shape index (κ2) is 9.23. The van der Waals surface area contributed by atoms with Crippen molar-refractivity contribution in [3.63, 3.8) is 0 Å². The van der Waals surface area contributed by atoms with Gasteiger partial charge in [0, 0.05) is 29.4 Å². The summed E-state index contributed by atoms with van der Waals surface area (Å²) in [5.41, 5.74) is -0.882. The highest BCUT2D eigenvalue weighted by Crippen LogP contribution is 2.32. The minimum Gasteiger partial charge on any atom is -0.508 e. The number of amides is 1. The fourth-order valence-corrected chi connectivity index (χ4v) is 2.96. The number of Topliss-reactive ketones (excluding diaryl/α,β-unsaturated/α-hetero) is 1. The molecule has 0 spiro atoms. The van der Waals surface area contributed by atoms with Crippen LogP contribution in [0.25, 0.3) is 0 Å². The number of hydrogen-bond acceptors (Lipinski definition) is 6. The highest BCUT2D eigenvalue weighted by atomic mass is 19.1. The van der Waals surface area contributed by atoms with Crippen LogP contribution in [0.15, 0.2) is 30.5 Å². The van der Waals surface area contributed by atoms with E-state index >= 15 is 0 Å². The van der Waals surface area contributed by atoms with E-state index in [-0.39, 0.29) is 35.5 Å². The molecule has 3 N–H and O–H groups in total. The molecule has 0 bridgehead atoms. The number of aromatic nitrogens is 1. The van der Waals surface area contributed by atoms with Gasteiger partial charge in [0.05, 0.1) is 24.5 Å². The monoisotopic (exact) mass is 427 g/mol. The number of rotatable bonds is 7. The third-order valence-corrected chi connectivity index (χ3v) is 4.82. The lowest BCUT2D eigenvalue weighted by atomic mass is 9.85. The van der Waals surface area contributed by atoms with Gasteiger partial charge >= 0.3 is 0 Å². The van der Waals surface area contributed by atoms with Gasteiger partial charge < -0.3 is 15.5 Å². The van der Waals surface area contributed by atoms with Gasteiger partial charge in [-0.2, -0.15) is 5.26 Å². The van der Waals surface area contributed by atoms with E-state index in [4.69, 9.17) is 5.26 Å². The molecule has 1 aromatic heterocycles. The molecule has 0 saturated heterocycles. The maximum Gasteiger partial charge on any atom is 0.228 e. The number of carbonyl (C=O) groups excluding carboxylic acids is 2. The van der Waals surface area contributed by atoms with Crippen LogP contribution in [0.3, 0.4) is 0 Å². The highest BCUT2D eigenvalue weighted by Gasteiger charge is 2.28. The molecule has 2 rings (SSSR count). The topological polar surface area (TPSA) is 123 Å². The zero-order valence-corrected chi connectivity index (χ0v) is 18.0. The summed E-state index contributed by atoms with van der Waals surface area (Å²) in [5, 5.41) is 31.2. The van der Waals surface area contributed by atoms with Gasteiger partial charge in [-0.25, -0.2) is 4.39 Å². The number of carbonyl (C=O) groups is 2. The zero-order valence-electron chi connectivity index (χ0n) is 18.0. The Morgan fingerprint density at radius 1 is 1.23 bits per heavy atom. The van der Waals surface area contributed by atoms with E-state index in [1.165, 1.54) is 37.4 Å². The van der Waals surface area contributed by atoms with Gasteiger partial charge in [0.25, 0.3) is 0 Å². The van der Waals surface area contributed by atoms with Gasteiger partial charge in [0.15, 0.2) is 5.78 Å². The van der Waals surface area contributed by atoms with E-state index in [0.29, 0.717) is 5.56 Å². The molecule has 0 aliphatic carbocycles. The average molecular weight is 427 g/mol. The average Bonchev–Trinajstić information content (AvgIpc) is 2.69. The number of pyridine rings is 1. The van der Waals surface area contributed by atoms with Crippen LogP contribution in [0.5, 0.6) is 5.75 Å². The van der Waals surface area contributed by atoms with E-state index in [1.807, 2.05) is 26.8 Å². The number of hydrogen-bond donors (Lipinski definition) is 3. The molecule has 2 aromatic rings. The molecule has 8 heteroatoms. The third-order valence-electron chi connectivity index (χ3n) is 4.82. The third kappa shape index (κ3) is 6.09. The minimum atomic E-state index is -1.23. The Morgan fingerprint density at radius 2 is 1.90 bits per heavy atom. The smallest absolute Gasteiger partial charge is 0.228 e. The number of anilines is 1. The molecular weight excluding hydrogens is 401 g/mol. The second-order valence-electron chi connectivity index (χ2n) is 8.80. The van der Waals surface area contributed by atoms with Gasteiger partial charge in [-0.1, -0.05) is 20.8 Å². The molecule has 1 atom stereocenters. The molecule has 31 heavy (non-hydrogen) atoms. The minimum absolute atomic E-state index is 0.0334. The van der Waals surface area contributed by atoms with Crippen LogP contribution in [0.2, 0.25) is 0 Å². The number of aliphatic hydroxyl groups is 1. The summed E-state index contributed by atoms with van der Waals surface area (Å²) in [7, 11) is 0. The molecule has 1 amide bonds. The van der Waals surface area contributed by atoms with Crippen molar-refractivity contribution in [3.8, 4) is 11.8 Å². The number of nitriles is 1. The number of benzene rings is 1. The molecule has 1 unspecified atom stereocenters. The number of phenols is 1. The summed E-state index contributed by atoms with van der Waals surface area (Å²) in [6, 6.07) is 7.20. The van der Waals surface area contributed by atoms with Gasteiger partial charge in [0.1, 0.15) is 17.3 Å². The van der Waals surface area contributed by atoms with Crippen LogP contribution in [-0.2, 0) is 16.6 Å². The number of aliphatic hydroxyl groups excluding tert-OH is 1. The summed E-state index contributed by atoms with van der Waals surface area (Å²) in [5.74, 6) is -1.67. The Balaban J connectivity index is 2.14. The Hall–Kier alpha value is -3.31.